The molecule has 26 heavy (non-hydrogen) atoms. The molecule has 0 unspecified atom stereocenters. The van der Waals surface area contributed by atoms with Gasteiger partial charge in [0.25, 0.3) is 0 Å². The molecule has 2 rings (SSSR count). The van der Waals surface area contributed by atoms with Gasteiger partial charge in [-0.3, -0.25) is 9.10 Å². The Balaban J connectivity index is 2.23. The average molecular weight is 399 g/mol. The minimum absolute atomic E-state index is 0.169. The van der Waals surface area contributed by atoms with E-state index in [2.05, 4.69) is 5.32 Å². The highest BCUT2D eigenvalue weighted by Gasteiger charge is 2.31. The van der Waals surface area contributed by atoms with E-state index < -0.39 is 22.0 Å². The second-order valence-corrected chi connectivity index (χ2v) is 8.10. The number of hydrogen-bond acceptors (Lipinski definition) is 3. The van der Waals surface area contributed by atoms with E-state index in [1.807, 2.05) is 0 Å². The van der Waals surface area contributed by atoms with Gasteiger partial charge >= 0.3 is 0 Å². The Morgan fingerprint density at radius 1 is 1.23 bits per heavy atom. The highest BCUT2D eigenvalue weighted by molar-refractivity contribution is 7.92. The van der Waals surface area contributed by atoms with Crippen molar-refractivity contribution in [3.05, 3.63) is 64.9 Å². The minimum Gasteiger partial charge on any atom is -0.350 e. The van der Waals surface area contributed by atoms with E-state index in [0.29, 0.717) is 16.3 Å². The van der Waals surface area contributed by atoms with Gasteiger partial charge in [0.1, 0.15) is 11.9 Å². The molecule has 1 amide bonds. The van der Waals surface area contributed by atoms with Gasteiger partial charge in [-0.05, 0) is 42.3 Å². The van der Waals surface area contributed by atoms with Crippen LogP contribution < -0.4 is 9.62 Å². The number of amides is 1. The SMILES string of the molecule is CC[C@@H](C(=O)NCc1ccc(F)cc1)N(c1cccc(Cl)c1)S(C)(=O)=O. The number of halogens is 2. The summed E-state index contributed by atoms with van der Waals surface area (Å²) in [4.78, 5) is 12.6. The number of sulfonamides is 1. The summed E-state index contributed by atoms with van der Waals surface area (Å²) in [6.07, 6.45) is 1.32. The van der Waals surface area contributed by atoms with Gasteiger partial charge in [-0.25, -0.2) is 12.8 Å². The van der Waals surface area contributed by atoms with Crippen molar-refractivity contribution in [1.29, 1.82) is 0 Å². The fraction of sp³-hybridized carbons (Fsp3) is 0.278. The van der Waals surface area contributed by atoms with E-state index >= 15 is 0 Å². The fourth-order valence-electron chi connectivity index (χ4n) is 2.58. The summed E-state index contributed by atoms with van der Waals surface area (Å²) in [7, 11) is -3.72. The van der Waals surface area contributed by atoms with Crippen LogP contribution in [0.15, 0.2) is 48.5 Å². The van der Waals surface area contributed by atoms with Crippen LogP contribution in [0.4, 0.5) is 10.1 Å². The summed E-state index contributed by atoms with van der Waals surface area (Å²) in [6, 6.07) is 11.1. The van der Waals surface area contributed by atoms with Crippen LogP contribution in [0.2, 0.25) is 5.02 Å². The number of benzene rings is 2. The van der Waals surface area contributed by atoms with Gasteiger partial charge in [0.05, 0.1) is 11.9 Å². The largest absolute Gasteiger partial charge is 0.350 e. The first-order chi connectivity index (χ1) is 12.2. The molecule has 1 atom stereocenters. The normalized spacial score (nSPS) is 12.5. The number of nitrogens with zero attached hydrogens (tertiary/aromatic N) is 1. The van der Waals surface area contributed by atoms with E-state index in [1.54, 1.807) is 37.3 Å². The van der Waals surface area contributed by atoms with Crippen LogP contribution in [0.25, 0.3) is 0 Å². The molecular weight excluding hydrogens is 379 g/mol. The molecule has 0 heterocycles. The van der Waals surface area contributed by atoms with Crippen molar-refractivity contribution in [2.45, 2.75) is 25.9 Å². The maximum atomic E-state index is 13.0. The lowest BCUT2D eigenvalue weighted by Crippen LogP contribution is -2.49. The molecule has 0 bridgehead atoms. The summed E-state index contributed by atoms with van der Waals surface area (Å²) in [5.74, 6) is -0.807. The number of carbonyl (C=O) groups is 1. The van der Waals surface area contributed by atoms with Crippen molar-refractivity contribution in [2.24, 2.45) is 0 Å². The summed E-state index contributed by atoms with van der Waals surface area (Å²) in [5, 5.41) is 3.08. The maximum absolute atomic E-state index is 13.0. The van der Waals surface area contributed by atoms with Crippen LogP contribution >= 0.6 is 11.6 Å². The molecule has 1 N–H and O–H groups in total. The molecule has 0 aliphatic heterocycles. The molecule has 0 saturated carbocycles. The fourth-order valence-corrected chi connectivity index (χ4v) is 3.97. The molecule has 0 aliphatic carbocycles. The van der Waals surface area contributed by atoms with Crippen molar-refractivity contribution in [3.63, 3.8) is 0 Å². The topological polar surface area (TPSA) is 66.5 Å². The molecule has 0 aliphatic rings. The summed E-state index contributed by atoms with van der Waals surface area (Å²) < 4.78 is 38.7. The van der Waals surface area contributed by atoms with Crippen LogP contribution in [0, 0.1) is 5.82 Å². The first kappa shape index (κ1) is 20.2. The predicted octanol–water partition coefficient (Wildman–Crippen LogP) is 3.34. The van der Waals surface area contributed by atoms with Crippen LogP contribution in [-0.4, -0.2) is 26.6 Å². The molecule has 140 valence electrons. The van der Waals surface area contributed by atoms with Gasteiger partial charge in [0, 0.05) is 11.6 Å². The van der Waals surface area contributed by atoms with Crippen LogP contribution in [-0.2, 0) is 21.4 Å². The lowest BCUT2D eigenvalue weighted by Gasteiger charge is -2.30. The standard InChI is InChI=1S/C18H20ClFN2O3S/c1-3-17(18(23)21-12-13-7-9-15(20)10-8-13)22(26(2,24)25)16-6-4-5-14(19)11-16/h4-11,17H,3,12H2,1-2H3,(H,21,23)/t17-/m0/s1. The third-order valence-electron chi connectivity index (χ3n) is 3.77. The van der Waals surface area contributed by atoms with E-state index in [1.165, 1.54) is 18.2 Å². The summed E-state index contributed by atoms with van der Waals surface area (Å²) in [6.45, 7) is 1.90. The van der Waals surface area contributed by atoms with Crippen molar-refractivity contribution in [1.82, 2.24) is 5.32 Å². The number of rotatable bonds is 7. The zero-order chi connectivity index (χ0) is 19.3. The van der Waals surface area contributed by atoms with E-state index in [4.69, 9.17) is 11.6 Å². The third kappa shape index (κ3) is 5.19. The number of anilines is 1. The van der Waals surface area contributed by atoms with Crippen molar-refractivity contribution in [3.8, 4) is 0 Å². The molecule has 8 heteroatoms. The van der Waals surface area contributed by atoms with Crippen LogP contribution in [0.3, 0.4) is 0 Å². The zero-order valence-electron chi connectivity index (χ0n) is 14.4. The molecule has 2 aromatic rings. The van der Waals surface area contributed by atoms with Crippen molar-refractivity contribution < 1.29 is 17.6 Å². The molecule has 0 radical (unpaired) electrons. The minimum atomic E-state index is -3.72. The second-order valence-electron chi connectivity index (χ2n) is 5.81. The monoisotopic (exact) mass is 398 g/mol. The Kier molecular flexibility index (Phi) is 6.61. The predicted molar refractivity (Wildman–Crippen MR) is 101 cm³/mol. The molecule has 0 saturated heterocycles. The molecule has 5 nitrogen and oxygen atoms in total. The van der Waals surface area contributed by atoms with E-state index in [9.17, 15) is 17.6 Å². The van der Waals surface area contributed by atoms with Gasteiger partial charge in [-0.2, -0.15) is 0 Å². The van der Waals surface area contributed by atoms with E-state index in [0.717, 1.165) is 10.6 Å². The Hall–Kier alpha value is -2.12. The lowest BCUT2D eigenvalue weighted by molar-refractivity contribution is -0.122. The Bertz CT molecular complexity index is 872. The molecular formula is C18H20ClFN2O3S. The molecule has 0 fully saturated rings. The number of hydrogen-bond donors (Lipinski definition) is 1. The van der Waals surface area contributed by atoms with Gasteiger partial charge in [-0.1, -0.05) is 36.7 Å². The van der Waals surface area contributed by atoms with Gasteiger partial charge < -0.3 is 5.32 Å². The van der Waals surface area contributed by atoms with Gasteiger partial charge in [0.15, 0.2) is 0 Å². The first-order valence-electron chi connectivity index (χ1n) is 7.99. The van der Waals surface area contributed by atoms with Crippen LogP contribution in [0.5, 0.6) is 0 Å². The summed E-state index contributed by atoms with van der Waals surface area (Å²) in [5.41, 5.74) is 1.03. The second kappa shape index (κ2) is 8.51. The Labute approximate surface area is 157 Å². The van der Waals surface area contributed by atoms with Crippen LogP contribution in [0.1, 0.15) is 18.9 Å². The first-order valence-corrected chi connectivity index (χ1v) is 10.2. The van der Waals surface area contributed by atoms with Gasteiger partial charge in [-0.15, -0.1) is 0 Å². The lowest BCUT2D eigenvalue weighted by atomic mass is 10.1. The van der Waals surface area contributed by atoms with Crippen molar-refractivity contribution >= 4 is 33.2 Å². The molecule has 2 aromatic carbocycles. The smallest absolute Gasteiger partial charge is 0.244 e. The Morgan fingerprint density at radius 2 is 1.88 bits per heavy atom. The molecule has 0 spiro atoms. The zero-order valence-corrected chi connectivity index (χ0v) is 16.0. The molecule has 0 aromatic heterocycles. The average Bonchev–Trinajstić information content (AvgIpc) is 2.57. The van der Waals surface area contributed by atoms with Crippen molar-refractivity contribution in [2.75, 3.05) is 10.6 Å². The number of carbonyl (C=O) groups excluding carboxylic acids is 1. The third-order valence-corrected chi connectivity index (χ3v) is 5.19. The Morgan fingerprint density at radius 3 is 2.42 bits per heavy atom. The number of nitrogens with one attached hydrogen (secondary N) is 1. The van der Waals surface area contributed by atoms with E-state index in [-0.39, 0.29) is 18.8 Å². The highest BCUT2D eigenvalue weighted by Crippen LogP contribution is 2.25. The highest BCUT2D eigenvalue weighted by atomic mass is 35.5. The quantitative estimate of drug-likeness (QED) is 0.777. The van der Waals surface area contributed by atoms with Gasteiger partial charge in [0.2, 0.25) is 15.9 Å². The summed E-state index contributed by atoms with van der Waals surface area (Å²) >= 11 is 5.97. The maximum Gasteiger partial charge on any atom is 0.244 e.